The first-order valence-corrected chi connectivity index (χ1v) is 11.7. The molecule has 0 spiro atoms. The van der Waals surface area contributed by atoms with E-state index in [1.165, 1.54) is 27.5 Å². The Bertz CT molecular complexity index is 939. The average Bonchev–Trinajstić information content (AvgIpc) is 2.95. The Morgan fingerprint density at radius 1 is 0.680 bits per heavy atom. The Balaban J connectivity index is 2.01. The summed E-state index contributed by atoms with van der Waals surface area (Å²) in [5.41, 5.74) is 8.89. The molecule has 0 radical (unpaired) electrons. The molecule has 1 aliphatic rings. The molecule has 0 bridgehead atoms. The van der Waals surface area contributed by atoms with Crippen LogP contribution in [0.5, 0.6) is 0 Å². The van der Waals surface area contributed by atoms with E-state index in [9.17, 15) is 0 Å². The summed E-state index contributed by atoms with van der Waals surface area (Å²) in [6, 6.07) is 27.7. The largest absolute Gasteiger partial charge is 0.257 e. The molecule has 2 aromatic carbocycles. The smallest absolute Gasteiger partial charge is 0.108 e. The van der Waals surface area contributed by atoms with Crippen LogP contribution < -0.4 is 0 Å². The third-order valence-corrected chi connectivity index (χ3v) is 7.54. The minimum atomic E-state index is -1.75. The topological polar surface area (TPSA) is 12.9 Å². The van der Waals surface area contributed by atoms with Gasteiger partial charge in [0.1, 0.15) is 8.07 Å². The average molecular weight is 340 g/mol. The predicted octanol–water partition coefficient (Wildman–Crippen LogP) is 5.88. The SMILES string of the molecule is C[Si]1(C)C=C(c2ccccc2)C(c2ccccc2)=C1c1ccccn1. The van der Waals surface area contributed by atoms with Gasteiger partial charge in [-0.3, -0.25) is 4.98 Å². The van der Waals surface area contributed by atoms with Gasteiger partial charge in [-0.05, 0) is 39.6 Å². The fraction of sp³-hybridized carbons (Fsp3) is 0.0870. The van der Waals surface area contributed by atoms with E-state index < -0.39 is 8.07 Å². The highest BCUT2D eigenvalue weighted by molar-refractivity contribution is 7.02. The van der Waals surface area contributed by atoms with Crippen molar-refractivity contribution in [3.63, 3.8) is 0 Å². The van der Waals surface area contributed by atoms with Crippen LogP contribution in [0.15, 0.2) is 90.8 Å². The van der Waals surface area contributed by atoms with Gasteiger partial charge < -0.3 is 0 Å². The van der Waals surface area contributed by atoms with Crippen molar-refractivity contribution in [1.82, 2.24) is 4.98 Å². The van der Waals surface area contributed by atoms with E-state index in [2.05, 4.69) is 91.6 Å². The Morgan fingerprint density at radius 3 is 1.88 bits per heavy atom. The van der Waals surface area contributed by atoms with Gasteiger partial charge in [0.2, 0.25) is 0 Å². The lowest BCUT2D eigenvalue weighted by atomic mass is 9.93. The molecule has 0 unspecified atom stereocenters. The second-order valence-corrected chi connectivity index (χ2v) is 11.2. The van der Waals surface area contributed by atoms with Crippen molar-refractivity contribution in [3.05, 3.63) is 108 Å². The molecule has 25 heavy (non-hydrogen) atoms. The van der Waals surface area contributed by atoms with Crippen LogP contribution in [0.25, 0.3) is 16.3 Å². The zero-order valence-electron chi connectivity index (χ0n) is 14.6. The summed E-state index contributed by atoms with van der Waals surface area (Å²) in [6.45, 7) is 4.83. The fourth-order valence-corrected chi connectivity index (χ4v) is 6.59. The van der Waals surface area contributed by atoms with Gasteiger partial charge in [0.25, 0.3) is 0 Å². The number of hydrogen-bond donors (Lipinski definition) is 0. The molecule has 0 amide bonds. The molecule has 1 aliphatic heterocycles. The van der Waals surface area contributed by atoms with Gasteiger partial charge in [-0.15, -0.1) is 0 Å². The molecule has 0 atom stereocenters. The summed E-state index contributed by atoms with van der Waals surface area (Å²) < 4.78 is 0. The van der Waals surface area contributed by atoms with Crippen molar-refractivity contribution in [3.8, 4) is 0 Å². The number of nitrogens with zero attached hydrogens (tertiary/aromatic N) is 1. The van der Waals surface area contributed by atoms with Crippen molar-refractivity contribution < 1.29 is 0 Å². The molecule has 0 fully saturated rings. The molecule has 3 aromatic rings. The highest BCUT2D eigenvalue weighted by Gasteiger charge is 2.36. The number of hydrogen-bond acceptors (Lipinski definition) is 1. The van der Waals surface area contributed by atoms with Crippen LogP contribution in [-0.2, 0) is 0 Å². The molecule has 2 heteroatoms. The van der Waals surface area contributed by atoms with E-state index in [1.807, 2.05) is 12.3 Å². The molecular formula is C23H21NSi. The molecule has 0 aliphatic carbocycles. The Hall–Kier alpha value is -2.71. The quantitative estimate of drug-likeness (QED) is 0.543. The number of allylic oxidation sites excluding steroid dienone is 2. The van der Waals surface area contributed by atoms with Gasteiger partial charge in [-0.1, -0.05) is 85.5 Å². The normalized spacial score (nSPS) is 16.0. The number of aromatic nitrogens is 1. The summed E-state index contributed by atoms with van der Waals surface area (Å²) in [5.74, 6) is 0. The standard InChI is InChI=1S/C23H21NSi/c1-25(2)17-20(18-11-5-3-6-12-18)22(19-13-7-4-8-14-19)23(25)21-15-9-10-16-24-21/h3-17H,1-2H3. The van der Waals surface area contributed by atoms with E-state index in [4.69, 9.17) is 4.98 Å². The minimum absolute atomic E-state index is 1.11. The van der Waals surface area contributed by atoms with Gasteiger partial charge in [-0.25, -0.2) is 0 Å². The zero-order chi connectivity index (χ0) is 17.3. The van der Waals surface area contributed by atoms with E-state index in [-0.39, 0.29) is 0 Å². The van der Waals surface area contributed by atoms with E-state index in [0.717, 1.165) is 5.69 Å². The lowest BCUT2D eigenvalue weighted by Crippen LogP contribution is -2.23. The highest BCUT2D eigenvalue weighted by atomic mass is 28.3. The molecular weight excluding hydrogens is 318 g/mol. The summed E-state index contributed by atoms with van der Waals surface area (Å²) in [5, 5.41) is 1.43. The zero-order valence-corrected chi connectivity index (χ0v) is 15.6. The van der Waals surface area contributed by atoms with Crippen molar-refractivity contribution in [1.29, 1.82) is 0 Å². The molecule has 122 valence electrons. The van der Waals surface area contributed by atoms with Gasteiger partial charge in [-0.2, -0.15) is 0 Å². The molecule has 2 heterocycles. The molecule has 0 N–H and O–H groups in total. The third-order valence-electron chi connectivity index (χ3n) is 4.74. The van der Waals surface area contributed by atoms with Gasteiger partial charge in [0.05, 0.1) is 5.69 Å². The van der Waals surface area contributed by atoms with Crippen LogP contribution in [0, 0.1) is 0 Å². The van der Waals surface area contributed by atoms with Crippen LogP contribution in [0.1, 0.15) is 16.8 Å². The van der Waals surface area contributed by atoms with E-state index in [1.54, 1.807) is 0 Å². The molecule has 0 saturated carbocycles. The monoisotopic (exact) mass is 339 g/mol. The second-order valence-electron chi connectivity index (χ2n) is 6.98. The molecule has 1 nitrogen and oxygen atoms in total. The highest BCUT2D eigenvalue weighted by Crippen LogP contribution is 2.47. The van der Waals surface area contributed by atoms with Gasteiger partial charge in [0.15, 0.2) is 0 Å². The maximum atomic E-state index is 4.70. The van der Waals surface area contributed by atoms with E-state index >= 15 is 0 Å². The lowest BCUT2D eigenvalue weighted by molar-refractivity contribution is 1.29. The lowest BCUT2D eigenvalue weighted by Gasteiger charge is -2.20. The Kier molecular flexibility index (Phi) is 3.98. The first-order chi connectivity index (χ1) is 12.2. The van der Waals surface area contributed by atoms with Crippen molar-refractivity contribution in [2.24, 2.45) is 0 Å². The van der Waals surface area contributed by atoms with E-state index in [0.29, 0.717) is 0 Å². The number of benzene rings is 2. The predicted molar refractivity (Wildman–Crippen MR) is 109 cm³/mol. The summed E-state index contributed by atoms with van der Waals surface area (Å²) in [7, 11) is -1.75. The second kappa shape index (κ2) is 6.30. The minimum Gasteiger partial charge on any atom is -0.257 e. The molecule has 1 aromatic heterocycles. The first kappa shape index (κ1) is 15.8. The Labute approximate surface area is 150 Å². The van der Waals surface area contributed by atoms with Crippen LogP contribution >= 0.6 is 0 Å². The van der Waals surface area contributed by atoms with Gasteiger partial charge in [0, 0.05) is 6.20 Å². The van der Waals surface area contributed by atoms with Gasteiger partial charge >= 0.3 is 0 Å². The fourth-order valence-electron chi connectivity index (χ4n) is 3.68. The summed E-state index contributed by atoms with van der Waals surface area (Å²) in [6.07, 6.45) is 1.90. The van der Waals surface area contributed by atoms with Crippen LogP contribution in [0.3, 0.4) is 0 Å². The molecule has 4 rings (SSSR count). The Morgan fingerprint density at radius 2 is 1.28 bits per heavy atom. The first-order valence-electron chi connectivity index (χ1n) is 8.67. The number of pyridine rings is 1. The van der Waals surface area contributed by atoms with Crippen LogP contribution in [0.4, 0.5) is 0 Å². The third kappa shape index (κ3) is 2.90. The maximum absolute atomic E-state index is 4.70. The summed E-state index contributed by atoms with van der Waals surface area (Å²) >= 11 is 0. The van der Waals surface area contributed by atoms with Crippen LogP contribution in [-0.4, -0.2) is 13.1 Å². The molecule has 0 saturated heterocycles. The summed E-state index contributed by atoms with van der Waals surface area (Å²) in [4.78, 5) is 4.70. The van der Waals surface area contributed by atoms with Crippen molar-refractivity contribution in [2.45, 2.75) is 13.1 Å². The van der Waals surface area contributed by atoms with Crippen molar-refractivity contribution >= 4 is 24.4 Å². The maximum Gasteiger partial charge on any atom is 0.108 e. The van der Waals surface area contributed by atoms with Crippen LogP contribution in [0.2, 0.25) is 13.1 Å². The number of rotatable bonds is 3. The van der Waals surface area contributed by atoms with Crippen molar-refractivity contribution in [2.75, 3.05) is 0 Å².